The highest BCUT2D eigenvalue weighted by atomic mass is 15.1. The van der Waals surface area contributed by atoms with Crippen molar-refractivity contribution < 1.29 is 0 Å². The minimum Gasteiger partial charge on any atom is -0.312 e. The molecule has 0 spiro atoms. The van der Waals surface area contributed by atoms with Gasteiger partial charge in [0.1, 0.15) is 0 Å². The van der Waals surface area contributed by atoms with E-state index in [1.54, 1.807) is 0 Å². The fraction of sp³-hybridized carbons (Fsp3) is 1.00. The molecular formula is C15H30N2. The number of nitrogens with zero attached hydrogens (tertiary/aromatic N) is 1. The first-order chi connectivity index (χ1) is 8.24. The van der Waals surface area contributed by atoms with Gasteiger partial charge in [-0.25, -0.2) is 0 Å². The third-order valence-electron chi connectivity index (χ3n) is 4.57. The van der Waals surface area contributed by atoms with Gasteiger partial charge in [-0.15, -0.1) is 0 Å². The van der Waals surface area contributed by atoms with E-state index in [-0.39, 0.29) is 0 Å². The molecule has 1 heterocycles. The largest absolute Gasteiger partial charge is 0.312 e. The van der Waals surface area contributed by atoms with E-state index >= 15 is 0 Å². The number of hydrogen-bond donors (Lipinski definition) is 1. The Hall–Kier alpha value is -0.0800. The zero-order chi connectivity index (χ0) is 12.1. The smallest absolute Gasteiger partial charge is 0.00533 e. The standard InChI is InChI=1S/C15H30N2/c1-13-8-10-17(11-9-14(2)16-13)12-15-6-4-3-5-7-15/h13-16H,3-12H2,1-2H3. The zero-order valence-corrected chi connectivity index (χ0v) is 11.8. The Balaban J connectivity index is 1.77. The summed E-state index contributed by atoms with van der Waals surface area (Å²) in [4.78, 5) is 2.74. The van der Waals surface area contributed by atoms with Gasteiger partial charge in [0.05, 0.1) is 0 Å². The summed E-state index contributed by atoms with van der Waals surface area (Å²) in [7, 11) is 0. The molecule has 2 unspecified atom stereocenters. The highest BCUT2D eigenvalue weighted by Crippen LogP contribution is 2.24. The monoisotopic (exact) mass is 238 g/mol. The van der Waals surface area contributed by atoms with Gasteiger partial charge < -0.3 is 10.2 Å². The van der Waals surface area contributed by atoms with Gasteiger partial charge in [-0.1, -0.05) is 19.3 Å². The number of rotatable bonds is 2. The maximum Gasteiger partial charge on any atom is 0.00533 e. The second-order valence-electron chi connectivity index (χ2n) is 6.35. The average molecular weight is 238 g/mol. The molecule has 2 aliphatic rings. The Kier molecular flexibility index (Phi) is 5.30. The van der Waals surface area contributed by atoms with E-state index in [9.17, 15) is 0 Å². The van der Waals surface area contributed by atoms with Gasteiger partial charge in [-0.3, -0.25) is 0 Å². The van der Waals surface area contributed by atoms with E-state index in [0.29, 0.717) is 12.1 Å². The van der Waals surface area contributed by atoms with E-state index in [4.69, 9.17) is 0 Å². The Morgan fingerprint density at radius 1 is 0.882 bits per heavy atom. The molecule has 0 bridgehead atoms. The van der Waals surface area contributed by atoms with E-state index in [1.165, 1.54) is 64.6 Å². The molecule has 17 heavy (non-hydrogen) atoms. The van der Waals surface area contributed by atoms with Gasteiger partial charge in [0.15, 0.2) is 0 Å². The van der Waals surface area contributed by atoms with Crippen molar-refractivity contribution in [1.82, 2.24) is 10.2 Å². The van der Waals surface area contributed by atoms with E-state index in [2.05, 4.69) is 24.1 Å². The topological polar surface area (TPSA) is 15.3 Å². The molecule has 2 heteroatoms. The van der Waals surface area contributed by atoms with Crippen LogP contribution in [0, 0.1) is 5.92 Å². The number of nitrogens with one attached hydrogen (secondary N) is 1. The summed E-state index contributed by atoms with van der Waals surface area (Å²) in [5.41, 5.74) is 0. The molecule has 1 aliphatic carbocycles. The van der Waals surface area contributed by atoms with Crippen LogP contribution in [-0.2, 0) is 0 Å². The lowest BCUT2D eigenvalue weighted by Gasteiger charge is -2.34. The Bertz CT molecular complexity index is 199. The average Bonchev–Trinajstić information content (AvgIpc) is 2.32. The molecule has 2 rings (SSSR count). The second kappa shape index (κ2) is 6.75. The maximum absolute atomic E-state index is 3.68. The molecule has 0 aromatic carbocycles. The van der Waals surface area contributed by atoms with Gasteiger partial charge >= 0.3 is 0 Å². The zero-order valence-electron chi connectivity index (χ0n) is 11.8. The summed E-state index contributed by atoms with van der Waals surface area (Å²) in [5.74, 6) is 1.00. The first kappa shape index (κ1) is 13.4. The maximum atomic E-state index is 3.68. The Morgan fingerprint density at radius 2 is 1.47 bits per heavy atom. The van der Waals surface area contributed by atoms with Crippen molar-refractivity contribution in [3.8, 4) is 0 Å². The second-order valence-corrected chi connectivity index (χ2v) is 6.35. The molecule has 1 N–H and O–H groups in total. The predicted octanol–water partition coefficient (Wildman–Crippen LogP) is 3.03. The van der Waals surface area contributed by atoms with Crippen LogP contribution < -0.4 is 5.32 Å². The Labute approximate surface area is 107 Å². The van der Waals surface area contributed by atoms with Crippen molar-refractivity contribution in [2.45, 2.75) is 70.9 Å². The summed E-state index contributed by atoms with van der Waals surface area (Å²) >= 11 is 0. The third kappa shape index (κ3) is 4.59. The first-order valence-electron chi connectivity index (χ1n) is 7.72. The summed E-state index contributed by atoms with van der Waals surface area (Å²) in [6.07, 6.45) is 10.0. The van der Waals surface area contributed by atoms with Gasteiger partial charge in [-0.2, -0.15) is 0 Å². The SMILES string of the molecule is CC1CCN(CC2CCCCC2)CCC(C)N1. The normalized spacial score (nSPS) is 34.2. The molecule has 2 fully saturated rings. The highest BCUT2D eigenvalue weighted by molar-refractivity contribution is 4.77. The molecule has 0 aromatic rings. The fourth-order valence-electron chi connectivity index (χ4n) is 3.43. The highest BCUT2D eigenvalue weighted by Gasteiger charge is 2.20. The minimum absolute atomic E-state index is 0.694. The van der Waals surface area contributed by atoms with Crippen LogP contribution in [0.15, 0.2) is 0 Å². The van der Waals surface area contributed by atoms with Crippen molar-refractivity contribution in [1.29, 1.82) is 0 Å². The van der Waals surface area contributed by atoms with Crippen molar-refractivity contribution in [3.05, 3.63) is 0 Å². The molecule has 2 nitrogen and oxygen atoms in total. The van der Waals surface area contributed by atoms with Crippen LogP contribution in [0.5, 0.6) is 0 Å². The van der Waals surface area contributed by atoms with Crippen LogP contribution in [0.4, 0.5) is 0 Å². The van der Waals surface area contributed by atoms with Crippen LogP contribution in [-0.4, -0.2) is 36.6 Å². The summed E-state index contributed by atoms with van der Waals surface area (Å²) < 4.78 is 0. The van der Waals surface area contributed by atoms with Crippen LogP contribution in [0.1, 0.15) is 58.8 Å². The Morgan fingerprint density at radius 3 is 2.06 bits per heavy atom. The van der Waals surface area contributed by atoms with E-state index in [0.717, 1.165) is 5.92 Å². The fourth-order valence-corrected chi connectivity index (χ4v) is 3.43. The number of hydrogen-bond acceptors (Lipinski definition) is 2. The minimum atomic E-state index is 0.694. The van der Waals surface area contributed by atoms with E-state index in [1.807, 2.05) is 0 Å². The van der Waals surface area contributed by atoms with Crippen LogP contribution in [0.25, 0.3) is 0 Å². The van der Waals surface area contributed by atoms with Gasteiger partial charge in [0.2, 0.25) is 0 Å². The molecule has 0 radical (unpaired) electrons. The molecule has 0 amide bonds. The predicted molar refractivity (Wildman–Crippen MR) is 74.3 cm³/mol. The first-order valence-corrected chi connectivity index (χ1v) is 7.72. The van der Waals surface area contributed by atoms with Crippen molar-refractivity contribution >= 4 is 0 Å². The molecule has 1 aliphatic heterocycles. The van der Waals surface area contributed by atoms with Crippen molar-refractivity contribution in [2.75, 3.05) is 19.6 Å². The quantitative estimate of drug-likeness (QED) is 0.795. The van der Waals surface area contributed by atoms with Crippen LogP contribution >= 0.6 is 0 Å². The third-order valence-corrected chi connectivity index (χ3v) is 4.57. The lowest BCUT2D eigenvalue weighted by Crippen LogP contribution is -2.44. The molecule has 0 aromatic heterocycles. The van der Waals surface area contributed by atoms with Gasteiger partial charge in [-0.05, 0) is 58.5 Å². The summed E-state index contributed by atoms with van der Waals surface area (Å²) in [6, 6.07) is 1.39. The molecule has 100 valence electrons. The summed E-state index contributed by atoms with van der Waals surface area (Å²) in [5, 5.41) is 3.68. The van der Waals surface area contributed by atoms with Crippen LogP contribution in [0.3, 0.4) is 0 Å². The van der Waals surface area contributed by atoms with Crippen LogP contribution in [0.2, 0.25) is 0 Å². The van der Waals surface area contributed by atoms with Gasteiger partial charge in [0.25, 0.3) is 0 Å². The van der Waals surface area contributed by atoms with E-state index < -0.39 is 0 Å². The van der Waals surface area contributed by atoms with Crippen molar-refractivity contribution in [3.63, 3.8) is 0 Å². The van der Waals surface area contributed by atoms with Crippen molar-refractivity contribution in [2.24, 2.45) is 5.92 Å². The summed E-state index contributed by atoms with van der Waals surface area (Å²) in [6.45, 7) is 8.65. The molecule has 1 saturated heterocycles. The molecular weight excluding hydrogens is 208 g/mol. The molecule has 1 saturated carbocycles. The lowest BCUT2D eigenvalue weighted by molar-refractivity contribution is 0.172. The van der Waals surface area contributed by atoms with Gasteiger partial charge in [0, 0.05) is 18.6 Å². The molecule has 2 atom stereocenters. The lowest BCUT2D eigenvalue weighted by atomic mass is 9.88.